The predicted octanol–water partition coefficient (Wildman–Crippen LogP) is 0.0507. The number of likely N-dealkylation sites (N-methyl/N-ethyl adjacent to an activating group) is 1. The lowest BCUT2D eigenvalue weighted by Crippen LogP contribution is -2.45. The fraction of sp³-hybridized carbons (Fsp3) is 0.909. The molecule has 2 N–H and O–H groups in total. The minimum atomic E-state index is 0.117. The van der Waals surface area contributed by atoms with Crippen LogP contribution in [0.4, 0.5) is 0 Å². The number of hydrogen-bond acceptors (Lipinski definition) is 3. The SMILES string of the molecule is CC(C)NC(=O)CN(C)C1CNCC1C. The van der Waals surface area contributed by atoms with E-state index in [1.807, 2.05) is 20.9 Å². The highest BCUT2D eigenvalue weighted by atomic mass is 16.2. The van der Waals surface area contributed by atoms with E-state index in [9.17, 15) is 4.79 Å². The molecule has 0 aliphatic carbocycles. The Morgan fingerprint density at radius 1 is 1.53 bits per heavy atom. The summed E-state index contributed by atoms with van der Waals surface area (Å²) in [6, 6.07) is 0.716. The van der Waals surface area contributed by atoms with Gasteiger partial charge in [0, 0.05) is 18.6 Å². The molecule has 0 radical (unpaired) electrons. The summed E-state index contributed by atoms with van der Waals surface area (Å²) in [4.78, 5) is 13.7. The Morgan fingerprint density at radius 3 is 2.67 bits per heavy atom. The third-order valence-electron chi connectivity index (χ3n) is 2.89. The molecule has 0 aromatic heterocycles. The van der Waals surface area contributed by atoms with Gasteiger partial charge in [-0.3, -0.25) is 9.69 Å². The fourth-order valence-corrected chi connectivity index (χ4v) is 2.10. The Balaban J connectivity index is 2.34. The molecular weight excluding hydrogens is 190 g/mol. The molecule has 0 bridgehead atoms. The van der Waals surface area contributed by atoms with Crippen molar-refractivity contribution in [3.63, 3.8) is 0 Å². The number of amides is 1. The smallest absolute Gasteiger partial charge is 0.234 e. The van der Waals surface area contributed by atoms with Crippen molar-refractivity contribution >= 4 is 5.91 Å². The van der Waals surface area contributed by atoms with Crippen LogP contribution in [0.1, 0.15) is 20.8 Å². The third kappa shape index (κ3) is 3.80. The van der Waals surface area contributed by atoms with Gasteiger partial charge in [0.15, 0.2) is 0 Å². The average molecular weight is 213 g/mol. The van der Waals surface area contributed by atoms with Gasteiger partial charge in [0.05, 0.1) is 6.54 Å². The summed E-state index contributed by atoms with van der Waals surface area (Å²) >= 11 is 0. The van der Waals surface area contributed by atoms with Crippen molar-refractivity contribution in [2.24, 2.45) is 5.92 Å². The van der Waals surface area contributed by atoms with E-state index in [1.54, 1.807) is 0 Å². The number of carbonyl (C=O) groups excluding carboxylic acids is 1. The van der Waals surface area contributed by atoms with Crippen molar-refractivity contribution in [2.75, 3.05) is 26.7 Å². The Morgan fingerprint density at radius 2 is 2.20 bits per heavy atom. The molecular formula is C11H23N3O. The van der Waals surface area contributed by atoms with Gasteiger partial charge in [-0.15, -0.1) is 0 Å². The van der Waals surface area contributed by atoms with Crippen LogP contribution in [0, 0.1) is 5.92 Å². The van der Waals surface area contributed by atoms with Gasteiger partial charge in [-0.2, -0.15) is 0 Å². The van der Waals surface area contributed by atoms with E-state index >= 15 is 0 Å². The number of nitrogens with one attached hydrogen (secondary N) is 2. The zero-order chi connectivity index (χ0) is 11.4. The second kappa shape index (κ2) is 5.47. The van der Waals surface area contributed by atoms with Crippen molar-refractivity contribution in [2.45, 2.75) is 32.9 Å². The van der Waals surface area contributed by atoms with Gasteiger partial charge < -0.3 is 10.6 Å². The Bertz CT molecular complexity index is 218. The summed E-state index contributed by atoms with van der Waals surface area (Å²) in [7, 11) is 2.02. The van der Waals surface area contributed by atoms with Crippen LogP contribution in [0.25, 0.3) is 0 Å². The van der Waals surface area contributed by atoms with Crippen LogP contribution in [0.2, 0.25) is 0 Å². The Labute approximate surface area is 92.4 Å². The molecule has 0 aromatic rings. The maximum atomic E-state index is 11.6. The van der Waals surface area contributed by atoms with Crippen LogP contribution in [0.15, 0.2) is 0 Å². The molecule has 4 heteroatoms. The Hall–Kier alpha value is -0.610. The van der Waals surface area contributed by atoms with E-state index in [-0.39, 0.29) is 11.9 Å². The van der Waals surface area contributed by atoms with Crippen LogP contribution < -0.4 is 10.6 Å². The molecule has 1 heterocycles. The summed E-state index contributed by atoms with van der Waals surface area (Å²) in [6.07, 6.45) is 0. The molecule has 1 rings (SSSR count). The van der Waals surface area contributed by atoms with E-state index in [1.165, 1.54) is 0 Å². The molecule has 15 heavy (non-hydrogen) atoms. The van der Waals surface area contributed by atoms with Crippen LogP contribution in [0.3, 0.4) is 0 Å². The van der Waals surface area contributed by atoms with Crippen molar-refractivity contribution in [1.29, 1.82) is 0 Å². The number of nitrogens with zero attached hydrogens (tertiary/aromatic N) is 1. The zero-order valence-electron chi connectivity index (χ0n) is 10.2. The number of rotatable bonds is 4. The van der Waals surface area contributed by atoms with Crippen molar-refractivity contribution in [3.8, 4) is 0 Å². The highest BCUT2D eigenvalue weighted by Gasteiger charge is 2.27. The lowest BCUT2D eigenvalue weighted by atomic mass is 10.1. The van der Waals surface area contributed by atoms with Gasteiger partial charge in [-0.1, -0.05) is 6.92 Å². The van der Waals surface area contributed by atoms with Crippen molar-refractivity contribution in [1.82, 2.24) is 15.5 Å². The van der Waals surface area contributed by atoms with Gasteiger partial charge >= 0.3 is 0 Å². The third-order valence-corrected chi connectivity index (χ3v) is 2.89. The molecule has 4 nitrogen and oxygen atoms in total. The first kappa shape index (κ1) is 12.5. The Kier molecular flexibility index (Phi) is 4.54. The molecule has 1 aliphatic heterocycles. The molecule has 1 fully saturated rings. The first-order valence-electron chi connectivity index (χ1n) is 5.71. The molecule has 88 valence electrons. The van der Waals surface area contributed by atoms with Crippen molar-refractivity contribution in [3.05, 3.63) is 0 Å². The van der Waals surface area contributed by atoms with Crippen LogP contribution >= 0.6 is 0 Å². The zero-order valence-corrected chi connectivity index (χ0v) is 10.2. The van der Waals surface area contributed by atoms with Crippen LogP contribution in [0.5, 0.6) is 0 Å². The largest absolute Gasteiger partial charge is 0.353 e. The second-order valence-electron chi connectivity index (χ2n) is 4.84. The molecule has 1 aliphatic rings. The maximum Gasteiger partial charge on any atom is 0.234 e. The molecule has 2 atom stereocenters. The lowest BCUT2D eigenvalue weighted by molar-refractivity contribution is -0.123. The summed E-state index contributed by atoms with van der Waals surface area (Å²) in [6.45, 7) is 8.74. The fourth-order valence-electron chi connectivity index (χ4n) is 2.10. The monoisotopic (exact) mass is 213 g/mol. The summed E-state index contributed by atoms with van der Waals surface area (Å²) in [5, 5.41) is 6.25. The van der Waals surface area contributed by atoms with E-state index in [0.717, 1.165) is 13.1 Å². The van der Waals surface area contributed by atoms with E-state index < -0.39 is 0 Å². The lowest BCUT2D eigenvalue weighted by Gasteiger charge is -2.26. The first-order chi connectivity index (χ1) is 7.00. The van der Waals surface area contributed by atoms with Crippen molar-refractivity contribution < 1.29 is 4.79 Å². The molecule has 0 saturated carbocycles. The predicted molar refractivity (Wildman–Crippen MR) is 61.7 cm³/mol. The van der Waals surface area contributed by atoms with Gasteiger partial charge in [0.1, 0.15) is 0 Å². The van der Waals surface area contributed by atoms with Crippen LogP contribution in [-0.2, 0) is 4.79 Å². The van der Waals surface area contributed by atoms with E-state index in [4.69, 9.17) is 0 Å². The minimum absolute atomic E-state index is 0.117. The van der Waals surface area contributed by atoms with E-state index in [2.05, 4.69) is 22.5 Å². The summed E-state index contributed by atoms with van der Waals surface area (Å²) in [5.74, 6) is 0.744. The van der Waals surface area contributed by atoms with Gasteiger partial charge in [-0.05, 0) is 33.4 Å². The molecule has 1 amide bonds. The average Bonchev–Trinajstić information content (AvgIpc) is 2.49. The quantitative estimate of drug-likeness (QED) is 0.693. The van der Waals surface area contributed by atoms with E-state index in [0.29, 0.717) is 18.5 Å². The van der Waals surface area contributed by atoms with Gasteiger partial charge in [0.2, 0.25) is 5.91 Å². The molecule has 2 unspecified atom stereocenters. The summed E-state index contributed by atoms with van der Waals surface area (Å²) < 4.78 is 0. The number of carbonyl (C=O) groups is 1. The first-order valence-corrected chi connectivity index (χ1v) is 5.71. The topological polar surface area (TPSA) is 44.4 Å². The molecule has 1 saturated heterocycles. The number of hydrogen-bond donors (Lipinski definition) is 2. The van der Waals surface area contributed by atoms with Gasteiger partial charge in [-0.25, -0.2) is 0 Å². The van der Waals surface area contributed by atoms with Gasteiger partial charge in [0.25, 0.3) is 0 Å². The standard InChI is InChI=1S/C11H23N3O/c1-8(2)13-11(15)7-14(4)10-6-12-5-9(10)3/h8-10,12H,5-7H2,1-4H3,(H,13,15). The highest BCUT2D eigenvalue weighted by Crippen LogP contribution is 2.13. The minimum Gasteiger partial charge on any atom is -0.353 e. The molecule has 0 aromatic carbocycles. The van der Waals surface area contributed by atoms with Crippen LogP contribution in [-0.4, -0.2) is 49.6 Å². The normalized spacial score (nSPS) is 26.3. The summed E-state index contributed by atoms with van der Waals surface area (Å²) in [5.41, 5.74) is 0. The molecule has 0 spiro atoms. The second-order valence-corrected chi connectivity index (χ2v) is 4.84. The maximum absolute atomic E-state index is 11.6. The highest BCUT2D eigenvalue weighted by molar-refractivity contribution is 5.78.